The molecule has 0 radical (unpaired) electrons. The normalized spacial score (nSPS) is 10.7. The Bertz CT molecular complexity index is 558. The van der Waals surface area contributed by atoms with Gasteiger partial charge in [0.15, 0.2) is 0 Å². The summed E-state index contributed by atoms with van der Waals surface area (Å²) in [5.41, 5.74) is 2.02. The molecule has 1 aromatic heterocycles. The van der Waals surface area contributed by atoms with Crippen LogP contribution in [0.2, 0.25) is 0 Å². The number of rotatable bonds is 7. The molecule has 0 unspecified atom stereocenters. The van der Waals surface area contributed by atoms with E-state index < -0.39 is 0 Å². The molecule has 4 heteroatoms. The van der Waals surface area contributed by atoms with Gasteiger partial charge in [0, 0.05) is 17.6 Å². The van der Waals surface area contributed by atoms with E-state index in [1.165, 1.54) is 0 Å². The number of aromatic nitrogens is 1. The molecule has 0 saturated heterocycles. The Balaban J connectivity index is 1.89. The van der Waals surface area contributed by atoms with Crippen molar-refractivity contribution in [3.8, 4) is 11.6 Å². The van der Waals surface area contributed by atoms with Crippen molar-refractivity contribution in [1.29, 1.82) is 0 Å². The molecule has 2 aromatic rings. The van der Waals surface area contributed by atoms with Crippen molar-refractivity contribution in [2.75, 3.05) is 13.2 Å². The first-order chi connectivity index (χ1) is 10.2. The fourth-order valence-corrected chi connectivity index (χ4v) is 2.01. The van der Waals surface area contributed by atoms with Crippen LogP contribution in [0.25, 0.3) is 0 Å². The predicted molar refractivity (Wildman–Crippen MR) is 85.3 cm³/mol. The van der Waals surface area contributed by atoms with Crippen LogP contribution in [-0.4, -0.2) is 18.2 Å². The van der Waals surface area contributed by atoms with Gasteiger partial charge in [0.2, 0.25) is 5.88 Å². The molecule has 0 aliphatic carbocycles. The fraction of sp³-hybridized carbons (Fsp3) is 0.353. The van der Waals surface area contributed by atoms with Gasteiger partial charge in [-0.3, -0.25) is 0 Å². The molecule has 0 amide bonds. The van der Waals surface area contributed by atoms with E-state index in [1.54, 1.807) is 0 Å². The van der Waals surface area contributed by atoms with E-state index in [2.05, 4.69) is 18.8 Å². The molecule has 1 aromatic carbocycles. The first-order valence-corrected chi connectivity index (χ1v) is 7.60. The number of benzene rings is 1. The number of ether oxygens (including phenoxy) is 2. The van der Waals surface area contributed by atoms with Gasteiger partial charge in [-0.2, -0.15) is 0 Å². The van der Waals surface area contributed by atoms with E-state index in [0.717, 1.165) is 17.0 Å². The maximum atomic E-state index is 5.91. The van der Waals surface area contributed by atoms with Crippen molar-refractivity contribution in [1.82, 2.24) is 4.98 Å². The summed E-state index contributed by atoms with van der Waals surface area (Å²) in [4.78, 5) is 4.49. The highest BCUT2D eigenvalue weighted by Gasteiger charge is 2.07. The quantitative estimate of drug-likeness (QED) is 0.561. The Morgan fingerprint density at radius 1 is 1.05 bits per heavy atom. The average Bonchev–Trinajstić information content (AvgIpc) is 2.52. The lowest BCUT2D eigenvalue weighted by atomic mass is 10.1. The van der Waals surface area contributed by atoms with Crippen LogP contribution < -0.4 is 9.47 Å². The van der Waals surface area contributed by atoms with Crippen LogP contribution in [0.4, 0.5) is 0 Å². The summed E-state index contributed by atoms with van der Waals surface area (Å²) in [6.45, 7) is 5.13. The van der Waals surface area contributed by atoms with Gasteiger partial charge in [-0.15, -0.1) is 11.6 Å². The molecule has 112 valence electrons. The van der Waals surface area contributed by atoms with Crippen LogP contribution >= 0.6 is 11.6 Å². The molecule has 1 heterocycles. The maximum Gasteiger partial charge on any atom is 0.213 e. The Morgan fingerprint density at radius 3 is 2.43 bits per heavy atom. The molecular weight excluding hydrogens is 286 g/mol. The third-order valence-electron chi connectivity index (χ3n) is 2.97. The standard InChI is InChI=1S/C17H20ClNO2/c1-13(2)16-10-14(12-18)11-17(19-16)21-9-8-20-15-6-4-3-5-7-15/h3-7,10-11,13H,8-9,12H2,1-2H3. The summed E-state index contributed by atoms with van der Waals surface area (Å²) < 4.78 is 11.2. The molecule has 0 fully saturated rings. The summed E-state index contributed by atoms with van der Waals surface area (Å²) >= 11 is 5.91. The topological polar surface area (TPSA) is 31.4 Å². The van der Waals surface area contributed by atoms with Crippen LogP contribution in [0.1, 0.15) is 31.0 Å². The van der Waals surface area contributed by atoms with Crippen LogP contribution in [0.15, 0.2) is 42.5 Å². The van der Waals surface area contributed by atoms with E-state index in [-0.39, 0.29) is 0 Å². The SMILES string of the molecule is CC(C)c1cc(CCl)cc(OCCOc2ccccc2)n1. The summed E-state index contributed by atoms with van der Waals surface area (Å²) in [7, 11) is 0. The molecule has 3 nitrogen and oxygen atoms in total. The van der Waals surface area contributed by atoms with Gasteiger partial charge in [0.1, 0.15) is 19.0 Å². The first-order valence-electron chi connectivity index (χ1n) is 7.06. The van der Waals surface area contributed by atoms with Gasteiger partial charge in [0.25, 0.3) is 0 Å². The lowest BCUT2D eigenvalue weighted by Crippen LogP contribution is -2.10. The molecule has 0 bridgehead atoms. The largest absolute Gasteiger partial charge is 0.490 e. The Morgan fingerprint density at radius 2 is 1.76 bits per heavy atom. The van der Waals surface area contributed by atoms with Gasteiger partial charge < -0.3 is 9.47 Å². The van der Waals surface area contributed by atoms with E-state index >= 15 is 0 Å². The highest BCUT2D eigenvalue weighted by atomic mass is 35.5. The number of hydrogen-bond acceptors (Lipinski definition) is 3. The summed E-state index contributed by atoms with van der Waals surface area (Å²) in [5, 5.41) is 0. The molecule has 2 rings (SSSR count). The van der Waals surface area contributed by atoms with E-state index in [9.17, 15) is 0 Å². The minimum Gasteiger partial charge on any atom is -0.490 e. The number of hydrogen-bond donors (Lipinski definition) is 0. The van der Waals surface area contributed by atoms with Gasteiger partial charge in [-0.05, 0) is 29.7 Å². The lowest BCUT2D eigenvalue weighted by molar-refractivity contribution is 0.211. The Kier molecular flexibility index (Phi) is 5.88. The van der Waals surface area contributed by atoms with E-state index in [4.69, 9.17) is 21.1 Å². The summed E-state index contributed by atoms with van der Waals surface area (Å²) in [6.07, 6.45) is 0. The zero-order valence-corrected chi connectivity index (χ0v) is 13.1. The van der Waals surface area contributed by atoms with Crippen molar-refractivity contribution < 1.29 is 9.47 Å². The van der Waals surface area contributed by atoms with E-state index in [0.29, 0.717) is 30.9 Å². The molecule has 0 spiro atoms. The molecule has 0 N–H and O–H groups in total. The van der Waals surface area contributed by atoms with Crippen LogP contribution in [0, 0.1) is 0 Å². The molecule has 0 saturated carbocycles. The second-order valence-electron chi connectivity index (χ2n) is 5.04. The monoisotopic (exact) mass is 305 g/mol. The number of nitrogens with zero attached hydrogens (tertiary/aromatic N) is 1. The van der Waals surface area contributed by atoms with Crippen molar-refractivity contribution in [3.05, 3.63) is 53.7 Å². The van der Waals surface area contributed by atoms with Crippen LogP contribution in [0.5, 0.6) is 11.6 Å². The second kappa shape index (κ2) is 7.89. The molecular formula is C17H20ClNO2. The highest BCUT2D eigenvalue weighted by molar-refractivity contribution is 6.17. The van der Waals surface area contributed by atoms with Crippen molar-refractivity contribution >= 4 is 11.6 Å². The zero-order valence-electron chi connectivity index (χ0n) is 12.4. The first kappa shape index (κ1) is 15.6. The second-order valence-corrected chi connectivity index (χ2v) is 5.30. The minimum atomic E-state index is 0.344. The van der Waals surface area contributed by atoms with Gasteiger partial charge in [-0.1, -0.05) is 32.0 Å². The van der Waals surface area contributed by atoms with Gasteiger partial charge >= 0.3 is 0 Å². The lowest BCUT2D eigenvalue weighted by Gasteiger charge is -2.11. The molecule has 0 aliphatic heterocycles. The Labute approximate surface area is 130 Å². The van der Waals surface area contributed by atoms with Gasteiger partial charge in [-0.25, -0.2) is 4.98 Å². The summed E-state index contributed by atoms with van der Waals surface area (Å²) in [6, 6.07) is 13.6. The molecule has 21 heavy (non-hydrogen) atoms. The van der Waals surface area contributed by atoms with Crippen LogP contribution in [0.3, 0.4) is 0 Å². The molecule has 0 atom stereocenters. The van der Waals surface area contributed by atoms with Crippen molar-refractivity contribution in [3.63, 3.8) is 0 Å². The zero-order chi connectivity index (χ0) is 15.1. The van der Waals surface area contributed by atoms with Crippen LogP contribution in [-0.2, 0) is 5.88 Å². The highest BCUT2D eigenvalue weighted by Crippen LogP contribution is 2.20. The predicted octanol–water partition coefficient (Wildman–Crippen LogP) is 4.40. The van der Waals surface area contributed by atoms with E-state index in [1.807, 2.05) is 42.5 Å². The number of halogens is 1. The third-order valence-corrected chi connectivity index (χ3v) is 3.28. The summed E-state index contributed by atoms with van der Waals surface area (Å²) in [5.74, 6) is 2.25. The minimum absolute atomic E-state index is 0.344. The van der Waals surface area contributed by atoms with Crippen molar-refractivity contribution in [2.24, 2.45) is 0 Å². The van der Waals surface area contributed by atoms with Gasteiger partial charge in [0.05, 0.1) is 0 Å². The number of pyridine rings is 1. The maximum absolute atomic E-state index is 5.91. The average molecular weight is 306 g/mol. The third kappa shape index (κ3) is 4.94. The van der Waals surface area contributed by atoms with Crippen molar-refractivity contribution in [2.45, 2.75) is 25.6 Å². The number of alkyl halides is 1. The fourth-order valence-electron chi connectivity index (χ4n) is 1.85. The Hall–Kier alpha value is -1.74. The number of para-hydroxylation sites is 1. The smallest absolute Gasteiger partial charge is 0.213 e. The molecule has 0 aliphatic rings.